The van der Waals surface area contributed by atoms with Gasteiger partial charge in [-0.3, -0.25) is 4.90 Å². The minimum absolute atomic E-state index is 0.00791. The van der Waals surface area contributed by atoms with Gasteiger partial charge in [0.1, 0.15) is 5.82 Å². The van der Waals surface area contributed by atoms with Crippen molar-refractivity contribution in [3.05, 3.63) is 35.1 Å². The monoisotopic (exact) mass is 308 g/mol. The van der Waals surface area contributed by atoms with Gasteiger partial charge in [0, 0.05) is 44.9 Å². The Morgan fingerprint density at radius 3 is 2.82 bits per heavy atom. The molecule has 3 rings (SSSR count). The fraction of sp³-hybridized carbons (Fsp3) is 0.647. The van der Waals surface area contributed by atoms with Gasteiger partial charge in [-0.15, -0.1) is 0 Å². The summed E-state index contributed by atoms with van der Waals surface area (Å²) in [6, 6.07) is 5.15. The molecular formula is C17H25FN2O2. The number of aliphatic hydroxyl groups is 1. The van der Waals surface area contributed by atoms with E-state index in [1.165, 1.54) is 6.07 Å². The van der Waals surface area contributed by atoms with Crippen molar-refractivity contribution in [3.8, 4) is 0 Å². The van der Waals surface area contributed by atoms with Crippen molar-refractivity contribution in [2.75, 3.05) is 39.4 Å². The minimum atomic E-state index is -0.155. The third kappa shape index (κ3) is 3.66. The van der Waals surface area contributed by atoms with Crippen molar-refractivity contribution in [3.63, 3.8) is 0 Å². The lowest BCUT2D eigenvalue weighted by atomic mass is 9.90. The summed E-state index contributed by atoms with van der Waals surface area (Å²) >= 11 is 0. The molecule has 2 saturated heterocycles. The van der Waals surface area contributed by atoms with Gasteiger partial charge in [-0.2, -0.15) is 0 Å². The van der Waals surface area contributed by atoms with Crippen molar-refractivity contribution < 1.29 is 14.2 Å². The smallest absolute Gasteiger partial charge is 0.127 e. The molecule has 122 valence electrons. The van der Waals surface area contributed by atoms with Crippen LogP contribution in [0.4, 0.5) is 4.39 Å². The van der Waals surface area contributed by atoms with E-state index in [0.717, 1.165) is 56.8 Å². The topological polar surface area (TPSA) is 44.7 Å². The van der Waals surface area contributed by atoms with E-state index < -0.39 is 0 Å². The van der Waals surface area contributed by atoms with E-state index >= 15 is 0 Å². The molecule has 4 nitrogen and oxygen atoms in total. The first-order chi connectivity index (χ1) is 10.7. The highest BCUT2D eigenvalue weighted by Gasteiger charge is 2.36. The van der Waals surface area contributed by atoms with Crippen LogP contribution in [0, 0.1) is 5.82 Å². The van der Waals surface area contributed by atoms with Crippen molar-refractivity contribution in [1.82, 2.24) is 10.2 Å². The van der Waals surface area contributed by atoms with Crippen LogP contribution in [-0.2, 0) is 17.7 Å². The number of ether oxygens (including phenoxy) is 1. The second-order valence-electron chi connectivity index (χ2n) is 6.38. The first-order valence-electron chi connectivity index (χ1n) is 8.16. The molecule has 1 aromatic rings. The van der Waals surface area contributed by atoms with Crippen molar-refractivity contribution in [2.45, 2.75) is 31.4 Å². The number of hydrogen-bond acceptors (Lipinski definition) is 4. The van der Waals surface area contributed by atoms with Gasteiger partial charge in [-0.25, -0.2) is 4.39 Å². The van der Waals surface area contributed by atoms with E-state index in [0.29, 0.717) is 13.0 Å². The van der Waals surface area contributed by atoms with Crippen LogP contribution in [0.15, 0.2) is 18.2 Å². The molecule has 2 aliphatic heterocycles. The largest absolute Gasteiger partial charge is 0.396 e. The average molecular weight is 308 g/mol. The Hall–Kier alpha value is -1.01. The fourth-order valence-corrected chi connectivity index (χ4v) is 3.42. The highest BCUT2D eigenvalue weighted by atomic mass is 19.1. The molecule has 2 heterocycles. The molecule has 1 aromatic carbocycles. The summed E-state index contributed by atoms with van der Waals surface area (Å²) in [6.45, 7) is 5.26. The lowest BCUT2D eigenvalue weighted by Gasteiger charge is -2.44. The number of rotatable bonds is 4. The van der Waals surface area contributed by atoms with Crippen molar-refractivity contribution >= 4 is 0 Å². The van der Waals surface area contributed by atoms with E-state index in [1.54, 1.807) is 6.07 Å². The summed E-state index contributed by atoms with van der Waals surface area (Å²) in [6.07, 6.45) is 2.58. The van der Waals surface area contributed by atoms with Gasteiger partial charge in [0.25, 0.3) is 0 Å². The molecule has 0 aliphatic carbocycles. The molecule has 0 radical (unpaired) electrons. The summed E-state index contributed by atoms with van der Waals surface area (Å²) in [5.41, 5.74) is 1.71. The molecule has 2 aliphatic rings. The molecule has 0 amide bonds. The van der Waals surface area contributed by atoms with Gasteiger partial charge < -0.3 is 15.2 Å². The first kappa shape index (κ1) is 15.9. The second kappa shape index (κ2) is 7.04. The molecule has 1 spiro atoms. The summed E-state index contributed by atoms with van der Waals surface area (Å²) in [4.78, 5) is 2.30. The van der Waals surface area contributed by atoms with Crippen LogP contribution in [0.1, 0.15) is 24.0 Å². The normalized spacial score (nSPS) is 22.1. The molecule has 0 unspecified atom stereocenters. The summed E-state index contributed by atoms with van der Waals surface area (Å²) in [5.74, 6) is -0.155. The van der Waals surface area contributed by atoms with Gasteiger partial charge in [-0.1, -0.05) is 12.1 Å². The summed E-state index contributed by atoms with van der Waals surface area (Å²) in [7, 11) is 0. The highest BCUT2D eigenvalue weighted by molar-refractivity contribution is 5.25. The third-order valence-corrected chi connectivity index (χ3v) is 4.81. The maximum Gasteiger partial charge on any atom is 0.127 e. The number of piperidine rings is 1. The van der Waals surface area contributed by atoms with Crippen LogP contribution in [-0.4, -0.2) is 55.0 Å². The zero-order chi connectivity index (χ0) is 15.4. The minimum Gasteiger partial charge on any atom is -0.396 e. The van der Waals surface area contributed by atoms with Gasteiger partial charge in [-0.05, 0) is 30.9 Å². The Balaban J connectivity index is 1.59. The molecule has 2 fully saturated rings. The number of likely N-dealkylation sites (tertiary alicyclic amines) is 1. The van der Waals surface area contributed by atoms with Gasteiger partial charge >= 0.3 is 0 Å². The Labute approximate surface area is 131 Å². The molecular weight excluding hydrogens is 283 g/mol. The predicted octanol–water partition coefficient (Wildman–Crippen LogP) is 1.31. The molecule has 0 saturated carbocycles. The number of benzene rings is 1. The first-order valence-corrected chi connectivity index (χ1v) is 8.16. The zero-order valence-electron chi connectivity index (χ0n) is 13.0. The Morgan fingerprint density at radius 1 is 1.32 bits per heavy atom. The zero-order valence-corrected chi connectivity index (χ0v) is 13.0. The Bertz CT molecular complexity index is 493. The SMILES string of the molecule is OCCc1ccc(F)c(CN2CCC3(CC2)CNCCO3)c1. The molecule has 0 aromatic heterocycles. The number of halogens is 1. The molecule has 0 atom stereocenters. The van der Waals surface area contributed by atoms with Crippen LogP contribution < -0.4 is 5.32 Å². The van der Waals surface area contributed by atoms with Crippen LogP contribution in [0.5, 0.6) is 0 Å². The standard InChI is InChI=1S/C17H25FN2O2/c18-16-2-1-14(3-9-21)11-15(16)12-20-7-4-17(5-8-20)13-19-6-10-22-17/h1-2,11,19,21H,3-10,12-13H2. The fourth-order valence-electron chi connectivity index (χ4n) is 3.42. The number of nitrogens with one attached hydrogen (secondary N) is 1. The lowest BCUT2D eigenvalue weighted by molar-refractivity contribution is -0.101. The maximum absolute atomic E-state index is 14.0. The van der Waals surface area contributed by atoms with E-state index in [4.69, 9.17) is 9.84 Å². The van der Waals surface area contributed by atoms with Crippen molar-refractivity contribution in [2.24, 2.45) is 0 Å². The van der Waals surface area contributed by atoms with Crippen LogP contribution in [0.25, 0.3) is 0 Å². The molecule has 5 heteroatoms. The summed E-state index contributed by atoms with van der Waals surface area (Å²) < 4.78 is 20.0. The number of nitrogens with zero attached hydrogens (tertiary/aromatic N) is 1. The number of morpholine rings is 1. The van der Waals surface area contributed by atoms with Gasteiger partial charge in [0.15, 0.2) is 0 Å². The van der Waals surface area contributed by atoms with Crippen LogP contribution in [0.2, 0.25) is 0 Å². The van der Waals surface area contributed by atoms with Gasteiger partial charge in [0.2, 0.25) is 0 Å². The van der Waals surface area contributed by atoms with Crippen LogP contribution >= 0.6 is 0 Å². The molecule has 2 N–H and O–H groups in total. The summed E-state index contributed by atoms with van der Waals surface area (Å²) in [5, 5.41) is 12.4. The highest BCUT2D eigenvalue weighted by Crippen LogP contribution is 2.28. The quantitative estimate of drug-likeness (QED) is 0.880. The van der Waals surface area contributed by atoms with E-state index in [1.807, 2.05) is 6.07 Å². The van der Waals surface area contributed by atoms with Crippen molar-refractivity contribution in [1.29, 1.82) is 0 Å². The lowest BCUT2D eigenvalue weighted by Crippen LogP contribution is -2.55. The molecule has 0 bridgehead atoms. The second-order valence-corrected chi connectivity index (χ2v) is 6.38. The van der Waals surface area contributed by atoms with E-state index in [-0.39, 0.29) is 18.0 Å². The Kier molecular flexibility index (Phi) is 5.08. The number of aliphatic hydroxyl groups excluding tert-OH is 1. The Morgan fingerprint density at radius 2 is 2.14 bits per heavy atom. The van der Waals surface area contributed by atoms with Crippen LogP contribution in [0.3, 0.4) is 0 Å². The van der Waals surface area contributed by atoms with Gasteiger partial charge in [0.05, 0.1) is 12.2 Å². The maximum atomic E-state index is 14.0. The number of hydrogen-bond donors (Lipinski definition) is 2. The third-order valence-electron chi connectivity index (χ3n) is 4.81. The average Bonchev–Trinajstić information content (AvgIpc) is 2.54. The van der Waals surface area contributed by atoms with E-state index in [9.17, 15) is 4.39 Å². The molecule has 22 heavy (non-hydrogen) atoms. The predicted molar refractivity (Wildman–Crippen MR) is 83.3 cm³/mol. The van der Waals surface area contributed by atoms with E-state index in [2.05, 4.69) is 10.2 Å².